The third-order valence-corrected chi connectivity index (χ3v) is 2.58. The lowest BCUT2D eigenvalue weighted by molar-refractivity contribution is -0.102. The Balaban J connectivity index is 2.37. The molecular weight excluding hydrogens is 240 g/mol. The first kappa shape index (κ1) is 13.6. The molecule has 0 bridgehead atoms. The first-order chi connectivity index (χ1) is 8.27. The van der Waals surface area contributed by atoms with Crippen molar-refractivity contribution in [2.45, 2.75) is 32.6 Å². The third-order valence-electron chi connectivity index (χ3n) is 2.03. The number of nitrogens with zero attached hydrogens (tertiary/aromatic N) is 3. The summed E-state index contributed by atoms with van der Waals surface area (Å²) in [5.74, 6) is 0.219. The number of nitrogens with two attached hydrogens (primary N) is 1. The molecule has 0 aliphatic carbocycles. The maximum Gasteiger partial charge on any atom is 0.200 e. The van der Waals surface area contributed by atoms with E-state index < -0.39 is 0 Å². The van der Waals surface area contributed by atoms with Crippen LogP contribution in [0.3, 0.4) is 0 Å². The highest BCUT2D eigenvalue weighted by atomic mass is 32.1. The fraction of sp³-hybridized carbons (Fsp3) is 0.600. The van der Waals surface area contributed by atoms with Crippen molar-refractivity contribution in [2.24, 2.45) is 5.16 Å². The van der Waals surface area contributed by atoms with Crippen molar-refractivity contribution < 1.29 is 9.63 Å². The Kier molecular flexibility index (Phi) is 6.16. The van der Waals surface area contributed by atoms with E-state index in [1.54, 1.807) is 0 Å². The molecule has 17 heavy (non-hydrogen) atoms. The fourth-order valence-corrected chi connectivity index (χ4v) is 1.60. The van der Waals surface area contributed by atoms with Crippen LogP contribution in [0, 0.1) is 0 Å². The molecule has 0 amide bonds. The molecule has 1 rings (SSSR count). The van der Waals surface area contributed by atoms with Crippen LogP contribution in [-0.2, 0) is 9.63 Å². The van der Waals surface area contributed by atoms with Crippen LogP contribution in [0.15, 0.2) is 5.16 Å². The standard InChI is InChI=1S/C10H16N4O2S/c1-2-3-4-5-6-16-13-8(7-15)9-12-10(11)17-14-9/h7H,2-6H2,1H3,(H2,11,12,14). The number of rotatable bonds is 8. The van der Waals surface area contributed by atoms with Crippen molar-refractivity contribution in [1.82, 2.24) is 9.36 Å². The molecule has 0 fully saturated rings. The lowest BCUT2D eigenvalue weighted by Gasteiger charge is -1.99. The van der Waals surface area contributed by atoms with Crippen LogP contribution in [0.5, 0.6) is 0 Å². The summed E-state index contributed by atoms with van der Waals surface area (Å²) in [6.45, 7) is 2.64. The van der Waals surface area contributed by atoms with Gasteiger partial charge in [-0.3, -0.25) is 4.79 Å². The second kappa shape index (κ2) is 7.72. The van der Waals surface area contributed by atoms with E-state index in [2.05, 4.69) is 21.4 Å². The number of aromatic nitrogens is 2. The maximum atomic E-state index is 10.8. The summed E-state index contributed by atoms with van der Waals surface area (Å²) in [5, 5.41) is 4.00. The van der Waals surface area contributed by atoms with E-state index in [4.69, 9.17) is 10.6 Å². The quantitative estimate of drug-likeness (QED) is 0.330. The number of unbranched alkanes of at least 4 members (excludes halogenated alkanes) is 3. The zero-order valence-corrected chi connectivity index (χ0v) is 10.6. The molecule has 94 valence electrons. The van der Waals surface area contributed by atoms with Crippen molar-refractivity contribution in [3.63, 3.8) is 0 Å². The molecule has 0 saturated heterocycles. The van der Waals surface area contributed by atoms with E-state index in [1.165, 1.54) is 12.8 Å². The lowest BCUT2D eigenvalue weighted by Crippen LogP contribution is -2.06. The van der Waals surface area contributed by atoms with Gasteiger partial charge >= 0.3 is 0 Å². The van der Waals surface area contributed by atoms with E-state index in [1.807, 2.05) is 0 Å². The summed E-state index contributed by atoms with van der Waals surface area (Å²) >= 11 is 1.02. The number of hydrogen-bond acceptors (Lipinski definition) is 7. The highest BCUT2D eigenvalue weighted by Gasteiger charge is 2.09. The second-order valence-corrected chi connectivity index (χ2v) is 4.23. The Bertz CT molecular complexity index is 378. The average molecular weight is 256 g/mol. The molecule has 2 N–H and O–H groups in total. The Morgan fingerprint density at radius 1 is 1.53 bits per heavy atom. The molecule has 0 aliphatic rings. The van der Waals surface area contributed by atoms with Crippen LogP contribution in [0.4, 0.5) is 5.13 Å². The zero-order valence-electron chi connectivity index (χ0n) is 9.76. The predicted octanol–water partition coefficient (Wildman–Crippen LogP) is 1.62. The number of nitrogen functional groups attached to an aromatic ring is 1. The number of carbonyl (C=O) groups is 1. The first-order valence-electron chi connectivity index (χ1n) is 5.52. The summed E-state index contributed by atoms with van der Waals surface area (Å²) in [4.78, 5) is 19.6. The number of anilines is 1. The second-order valence-electron chi connectivity index (χ2n) is 3.44. The molecule has 1 heterocycles. The van der Waals surface area contributed by atoms with Crippen molar-refractivity contribution in [3.8, 4) is 0 Å². The SMILES string of the molecule is CCCCCCON=C(C=O)c1nsc(N)n1. The lowest BCUT2D eigenvalue weighted by atomic mass is 10.2. The zero-order chi connectivity index (χ0) is 12.5. The molecule has 7 heteroatoms. The number of carbonyl (C=O) groups excluding carboxylic acids is 1. The molecular formula is C10H16N4O2S. The Hall–Kier alpha value is -1.50. The highest BCUT2D eigenvalue weighted by molar-refractivity contribution is 7.09. The number of hydrogen-bond donors (Lipinski definition) is 1. The van der Waals surface area contributed by atoms with E-state index in [9.17, 15) is 4.79 Å². The van der Waals surface area contributed by atoms with Crippen LogP contribution in [0.1, 0.15) is 38.4 Å². The van der Waals surface area contributed by atoms with Gasteiger partial charge in [0.25, 0.3) is 0 Å². The van der Waals surface area contributed by atoms with Gasteiger partial charge in [-0.1, -0.05) is 24.9 Å². The molecule has 0 spiro atoms. The Labute approximate surface area is 104 Å². The van der Waals surface area contributed by atoms with Gasteiger partial charge in [0.15, 0.2) is 23.0 Å². The minimum absolute atomic E-state index is 0.0773. The van der Waals surface area contributed by atoms with Gasteiger partial charge in [-0.25, -0.2) is 0 Å². The van der Waals surface area contributed by atoms with Crippen molar-refractivity contribution in [2.75, 3.05) is 12.3 Å². The summed E-state index contributed by atoms with van der Waals surface area (Å²) in [6, 6.07) is 0. The van der Waals surface area contributed by atoms with E-state index >= 15 is 0 Å². The van der Waals surface area contributed by atoms with Gasteiger partial charge in [-0.05, 0) is 12.8 Å². The van der Waals surface area contributed by atoms with Crippen LogP contribution in [0.25, 0.3) is 0 Å². The van der Waals surface area contributed by atoms with Gasteiger partial charge in [0, 0.05) is 11.5 Å². The predicted molar refractivity (Wildman–Crippen MR) is 67.0 cm³/mol. The van der Waals surface area contributed by atoms with Gasteiger partial charge in [-0.2, -0.15) is 9.36 Å². The summed E-state index contributed by atoms with van der Waals surface area (Å²) in [7, 11) is 0. The minimum atomic E-state index is 0.0773. The smallest absolute Gasteiger partial charge is 0.200 e. The fourth-order valence-electron chi connectivity index (χ4n) is 1.16. The number of aldehydes is 1. The normalized spacial score (nSPS) is 11.5. The summed E-state index contributed by atoms with van der Waals surface area (Å²) in [5.41, 5.74) is 5.49. The monoisotopic (exact) mass is 256 g/mol. The molecule has 0 aliphatic heterocycles. The molecule has 0 aromatic carbocycles. The Morgan fingerprint density at radius 3 is 2.94 bits per heavy atom. The average Bonchev–Trinajstić information content (AvgIpc) is 2.75. The Morgan fingerprint density at radius 2 is 2.35 bits per heavy atom. The van der Waals surface area contributed by atoms with Gasteiger partial charge < -0.3 is 10.6 Å². The largest absolute Gasteiger partial charge is 0.395 e. The molecule has 0 radical (unpaired) electrons. The van der Waals surface area contributed by atoms with Gasteiger partial charge in [0.2, 0.25) is 0 Å². The van der Waals surface area contributed by atoms with E-state index in [0.29, 0.717) is 18.0 Å². The first-order valence-corrected chi connectivity index (χ1v) is 6.30. The van der Waals surface area contributed by atoms with Crippen LogP contribution >= 0.6 is 11.5 Å². The van der Waals surface area contributed by atoms with Crippen LogP contribution in [-0.4, -0.2) is 28.0 Å². The topological polar surface area (TPSA) is 90.5 Å². The minimum Gasteiger partial charge on any atom is -0.395 e. The van der Waals surface area contributed by atoms with E-state index in [-0.39, 0.29) is 11.5 Å². The van der Waals surface area contributed by atoms with Crippen molar-refractivity contribution >= 4 is 28.7 Å². The molecule has 1 aromatic rings. The van der Waals surface area contributed by atoms with Gasteiger partial charge in [0.1, 0.15) is 6.61 Å². The molecule has 6 nitrogen and oxygen atoms in total. The maximum absolute atomic E-state index is 10.8. The van der Waals surface area contributed by atoms with E-state index in [0.717, 1.165) is 24.4 Å². The van der Waals surface area contributed by atoms with Gasteiger partial charge in [-0.15, -0.1) is 0 Å². The summed E-state index contributed by atoms with van der Waals surface area (Å²) < 4.78 is 3.88. The van der Waals surface area contributed by atoms with Crippen LogP contribution < -0.4 is 5.73 Å². The highest BCUT2D eigenvalue weighted by Crippen LogP contribution is 2.06. The molecule has 0 saturated carbocycles. The van der Waals surface area contributed by atoms with Crippen LogP contribution in [0.2, 0.25) is 0 Å². The third kappa shape index (κ3) is 4.90. The summed E-state index contributed by atoms with van der Waals surface area (Å²) in [6.07, 6.45) is 4.94. The molecule has 1 aromatic heterocycles. The molecule has 0 atom stereocenters. The van der Waals surface area contributed by atoms with Gasteiger partial charge in [0.05, 0.1) is 0 Å². The number of oxime groups is 1. The van der Waals surface area contributed by atoms with Crippen molar-refractivity contribution in [1.29, 1.82) is 0 Å². The molecule has 0 unspecified atom stereocenters. The van der Waals surface area contributed by atoms with Crippen molar-refractivity contribution in [3.05, 3.63) is 5.82 Å².